The van der Waals surface area contributed by atoms with Gasteiger partial charge in [0.15, 0.2) is 0 Å². The lowest BCUT2D eigenvalue weighted by Gasteiger charge is -2.15. The molecule has 0 aliphatic carbocycles. The molecule has 1 aliphatic rings. The van der Waals surface area contributed by atoms with Gasteiger partial charge >= 0.3 is 0 Å². The van der Waals surface area contributed by atoms with E-state index in [4.69, 9.17) is 0 Å². The van der Waals surface area contributed by atoms with E-state index in [-0.39, 0.29) is 11.3 Å². The van der Waals surface area contributed by atoms with Gasteiger partial charge in [-0.25, -0.2) is 4.98 Å². The van der Waals surface area contributed by atoms with Crippen LogP contribution in [0, 0.1) is 0 Å². The average molecular weight is 348 g/mol. The van der Waals surface area contributed by atoms with Crippen molar-refractivity contribution < 1.29 is 5.11 Å². The van der Waals surface area contributed by atoms with Crippen LogP contribution in [0.1, 0.15) is 11.3 Å². The number of aryl methyl sites for hydroxylation is 1. The van der Waals surface area contributed by atoms with Crippen molar-refractivity contribution in [2.45, 2.75) is 12.2 Å². The smallest absolute Gasteiger partial charge is 0.255 e. The van der Waals surface area contributed by atoms with E-state index in [9.17, 15) is 9.90 Å². The molecule has 0 fully saturated rings. The first-order chi connectivity index (χ1) is 12.1. The largest absolute Gasteiger partial charge is 0.507 e. The third-order valence-corrected chi connectivity index (χ3v) is 5.45. The highest BCUT2D eigenvalue weighted by molar-refractivity contribution is 7.98. The molecule has 6 heteroatoms. The maximum atomic E-state index is 12.3. The van der Waals surface area contributed by atoms with Crippen molar-refractivity contribution in [2.75, 3.05) is 5.75 Å². The maximum Gasteiger partial charge on any atom is 0.255 e. The summed E-state index contributed by atoms with van der Waals surface area (Å²) in [6, 6.07) is 13.6. The van der Waals surface area contributed by atoms with Crippen LogP contribution in [-0.4, -0.2) is 28.7 Å². The van der Waals surface area contributed by atoms with Crippen molar-refractivity contribution in [3.8, 4) is 28.3 Å². The van der Waals surface area contributed by atoms with Gasteiger partial charge in [0.1, 0.15) is 19.4 Å². The second-order valence-electron chi connectivity index (χ2n) is 6.24. The number of aromatic amines is 1. The number of hydrogen-bond acceptors (Lipinski definition) is 4. The average Bonchev–Trinajstić information content (AvgIpc) is 2.62. The van der Waals surface area contributed by atoms with Crippen LogP contribution in [0.5, 0.6) is 5.75 Å². The normalized spacial score (nSPS) is 13.4. The number of phenols is 1. The molecule has 3 aromatic rings. The van der Waals surface area contributed by atoms with E-state index in [0.717, 1.165) is 34.6 Å². The summed E-state index contributed by atoms with van der Waals surface area (Å²) in [4.78, 5) is 19.7. The number of benzene rings is 2. The first-order valence-corrected chi connectivity index (χ1v) is 9.37. The quantitative estimate of drug-likeness (QED) is 0.694. The van der Waals surface area contributed by atoms with Crippen molar-refractivity contribution >= 4 is 25.1 Å². The summed E-state index contributed by atoms with van der Waals surface area (Å²) in [6.45, 7) is 0. The summed E-state index contributed by atoms with van der Waals surface area (Å²) in [5.74, 6) is 2.23. The SMILES string of the molecule is Bc1ccc(-c2ccc(-c3nc4c(c(=O)[nH]3)CSCC4)c(O)c2)cc1. The zero-order valence-electron chi connectivity index (χ0n) is 13.9. The Labute approximate surface area is 150 Å². The van der Waals surface area contributed by atoms with E-state index >= 15 is 0 Å². The minimum atomic E-state index is -0.103. The molecule has 0 saturated carbocycles. The summed E-state index contributed by atoms with van der Waals surface area (Å²) in [7, 11) is 2.04. The minimum Gasteiger partial charge on any atom is -0.507 e. The van der Waals surface area contributed by atoms with Gasteiger partial charge in [0.2, 0.25) is 0 Å². The number of aromatic hydroxyl groups is 1. The molecule has 0 atom stereocenters. The van der Waals surface area contributed by atoms with Gasteiger partial charge < -0.3 is 10.1 Å². The van der Waals surface area contributed by atoms with Gasteiger partial charge in [0.25, 0.3) is 5.56 Å². The van der Waals surface area contributed by atoms with Gasteiger partial charge in [-0.2, -0.15) is 11.8 Å². The lowest BCUT2D eigenvalue weighted by molar-refractivity contribution is 0.477. The van der Waals surface area contributed by atoms with Gasteiger partial charge in [0, 0.05) is 11.3 Å². The van der Waals surface area contributed by atoms with Crippen molar-refractivity contribution in [2.24, 2.45) is 0 Å². The third kappa shape index (κ3) is 3.09. The predicted octanol–water partition coefficient (Wildman–Crippen LogP) is 1.86. The number of hydrogen-bond donors (Lipinski definition) is 2. The van der Waals surface area contributed by atoms with Gasteiger partial charge in [-0.05, 0) is 35.4 Å². The fourth-order valence-corrected chi connectivity index (χ4v) is 4.01. The fourth-order valence-electron chi connectivity index (χ4n) is 3.03. The lowest BCUT2D eigenvalue weighted by Crippen LogP contribution is -2.21. The standard InChI is InChI=1S/C19H17BN2O2S/c20-13-4-1-11(2-5-13)12-3-6-14(17(23)9-12)18-21-16-7-8-25-10-15(16)19(24)22-18/h1-6,9,23H,7-8,10,20H2,(H,21,22,24). The van der Waals surface area contributed by atoms with Crippen molar-refractivity contribution in [3.63, 3.8) is 0 Å². The highest BCUT2D eigenvalue weighted by Gasteiger charge is 2.18. The topological polar surface area (TPSA) is 66.0 Å². The van der Waals surface area contributed by atoms with Crippen LogP contribution in [-0.2, 0) is 12.2 Å². The number of nitrogens with zero attached hydrogens (tertiary/aromatic N) is 1. The van der Waals surface area contributed by atoms with Crippen LogP contribution < -0.4 is 11.0 Å². The van der Waals surface area contributed by atoms with Gasteiger partial charge in [0.05, 0.1) is 11.3 Å². The number of phenolic OH excluding ortho intramolecular Hbond substituents is 1. The first-order valence-electron chi connectivity index (χ1n) is 8.22. The molecule has 2 N–H and O–H groups in total. The molecule has 4 rings (SSSR count). The molecule has 2 heterocycles. The van der Waals surface area contributed by atoms with Crippen LogP contribution >= 0.6 is 11.8 Å². The summed E-state index contributed by atoms with van der Waals surface area (Å²) in [5, 5.41) is 10.5. The van der Waals surface area contributed by atoms with E-state index in [1.54, 1.807) is 17.8 Å². The molecule has 0 amide bonds. The highest BCUT2D eigenvalue weighted by Crippen LogP contribution is 2.32. The molecular weight excluding hydrogens is 331 g/mol. The van der Waals surface area contributed by atoms with Crippen LogP contribution in [0.3, 0.4) is 0 Å². The zero-order chi connectivity index (χ0) is 17.4. The number of thioether (sulfide) groups is 1. The molecule has 0 saturated heterocycles. The molecule has 124 valence electrons. The molecular formula is C19H17BN2O2S. The molecule has 0 unspecified atom stereocenters. The Hall–Kier alpha value is -2.47. The summed E-state index contributed by atoms with van der Waals surface area (Å²) in [6.07, 6.45) is 0.791. The number of aromatic nitrogens is 2. The molecule has 25 heavy (non-hydrogen) atoms. The number of H-pyrrole nitrogens is 1. The molecule has 1 aromatic heterocycles. The van der Waals surface area contributed by atoms with E-state index < -0.39 is 0 Å². The van der Waals surface area contributed by atoms with E-state index in [2.05, 4.69) is 9.97 Å². The second kappa shape index (κ2) is 6.45. The Morgan fingerprint density at radius 2 is 1.88 bits per heavy atom. The van der Waals surface area contributed by atoms with Crippen molar-refractivity contribution in [3.05, 3.63) is 64.1 Å². The van der Waals surface area contributed by atoms with Gasteiger partial charge in [-0.15, -0.1) is 0 Å². The highest BCUT2D eigenvalue weighted by atomic mass is 32.2. The minimum absolute atomic E-state index is 0.103. The predicted molar refractivity (Wildman–Crippen MR) is 105 cm³/mol. The third-order valence-electron chi connectivity index (χ3n) is 4.47. The second-order valence-corrected chi connectivity index (χ2v) is 7.35. The molecule has 0 spiro atoms. The molecule has 2 aromatic carbocycles. The number of fused-ring (bicyclic) bond motifs is 1. The Bertz CT molecular complexity index is 999. The number of nitrogens with one attached hydrogen (secondary N) is 1. The summed E-state index contributed by atoms with van der Waals surface area (Å²) in [5.41, 5.74) is 5.21. The first kappa shape index (κ1) is 16.0. The monoisotopic (exact) mass is 348 g/mol. The summed E-state index contributed by atoms with van der Waals surface area (Å²) < 4.78 is 0. The summed E-state index contributed by atoms with van der Waals surface area (Å²) >= 11 is 1.75. The van der Waals surface area contributed by atoms with E-state index in [1.165, 1.54) is 5.46 Å². The molecule has 0 radical (unpaired) electrons. The Kier molecular flexibility index (Phi) is 4.13. The lowest BCUT2D eigenvalue weighted by atomic mass is 9.93. The Morgan fingerprint density at radius 3 is 2.64 bits per heavy atom. The molecule has 0 bridgehead atoms. The van der Waals surface area contributed by atoms with E-state index in [1.807, 2.05) is 44.2 Å². The maximum absolute atomic E-state index is 12.3. The number of rotatable bonds is 2. The van der Waals surface area contributed by atoms with Crippen molar-refractivity contribution in [1.82, 2.24) is 9.97 Å². The van der Waals surface area contributed by atoms with Crippen LogP contribution in [0.4, 0.5) is 0 Å². The fraction of sp³-hybridized carbons (Fsp3) is 0.158. The van der Waals surface area contributed by atoms with Gasteiger partial charge in [-0.3, -0.25) is 4.79 Å². The van der Waals surface area contributed by atoms with Gasteiger partial charge in [-0.1, -0.05) is 35.8 Å². The van der Waals surface area contributed by atoms with Crippen LogP contribution in [0.2, 0.25) is 0 Å². The van der Waals surface area contributed by atoms with E-state index in [0.29, 0.717) is 17.1 Å². The zero-order valence-corrected chi connectivity index (χ0v) is 14.7. The Morgan fingerprint density at radius 1 is 1.12 bits per heavy atom. The van der Waals surface area contributed by atoms with Crippen molar-refractivity contribution in [1.29, 1.82) is 0 Å². The molecule has 4 nitrogen and oxygen atoms in total. The van der Waals surface area contributed by atoms with Crippen LogP contribution in [0.15, 0.2) is 47.3 Å². The molecule has 1 aliphatic heterocycles. The Balaban J connectivity index is 1.75. The van der Waals surface area contributed by atoms with Crippen LogP contribution in [0.25, 0.3) is 22.5 Å².